The van der Waals surface area contributed by atoms with E-state index in [9.17, 15) is 0 Å². The third kappa shape index (κ3) is 15.4. The predicted octanol–water partition coefficient (Wildman–Crippen LogP) is 22.1. The topological polar surface area (TPSA) is 64.6 Å². The van der Waals surface area contributed by atoms with E-state index >= 15 is 0 Å². The summed E-state index contributed by atoms with van der Waals surface area (Å²) >= 11 is 0. The summed E-state index contributed by atoms with van der Waals surface area (Å²) in [5.41, 5.74) is 9.65. The van der Waals surface area contributed by atoms with Gasteiger partial charge in [-0.2, -0.15) is 0 Å². The van der Waals surface area contributed by atoms with Crippen LogP contribution < -0.4 is 40.4 Å². The van der Waals surface area contributed by atoms with Crippen molar-refractivity contribution in [3.8, 4) is 11.5 Å². The van der Waals surface area contributed by atoms with Crippen molar-refractivity contribution in [2.45, 2.75) is 263 Å². The van der Waals surface area contributed by atoms with E-state index in [2.05, 4.69) is 277 Å². The lowest BCUT2D eigenvalue weighted by Crippen LogP contribution is -2.67. The monoisotopic (exact) mass is 1490 g/mol. The molecule has 106 heavy (non-hydrogen) atoms. The van der Waals surface area contributed by atoms with Crippen LogP contribution in [0.3, 0.4) is 0 Å². The Labute approximate surface area is 642 Å². The minimum Gasteiger partial charge on any atom is -0.417 e. The molecule has 4 aliphatic carbocycles. The van der Waals surface area contributed by atoms with Crippen molar-refractivity contribution < 1.29 is 31.7 Å². The highest BCUT2D eigenvalue weighted by atomic mass is 31.2. The van der Waals surface area contributed by atoms with Crippen molar-refractivity contribution in [1.29, 1.82) is 0 Å². The van der Waals surface area contributed by atoms with Crippen molar-refractivity contribution in [2.24, 2.45) is 23.7 Å². The Morgan fingerprint density at radius 1 is 0.387 bits per heavy atom. The molecule has 562 valence electrons. The number of aryl methyl sites for hydroxylation is 4. The summed E-state index contributed by atoms with van der Waals surface area (Å²) in [5, 5.41) is 6.50. The zero-order chi connectivity index (χ0) is 73.9. The smallest absolute Gasteiger partial charge is 0.417 e. The van der Waals surface area contributed by atoms with E-state index in [1.807, 2.05) is 0 Å². The normalized spacial score (nSPS) is 21.0. The van der Waals surface area contributed by atoms with Crippen LogP contribution in [0.25, 0.3) is 0 Å². The van der Waals surface area contributed by atoms with E-state index in [0.717, 1.165) is 11.5 Å². The van der Waals surface area contributed by atoms with Crippen LogP contribution in [-0.2, 0) is 39.9 Å². The summed E-state index contributed by atoms with van der Waals surface area (Å²) in [7, 11) is -10.4. The summed E-state index contributed by atoms with van der Waals surface area (Å²) in [6, 6.07) is 72.7. The Morgan fingerprint density at radius 2 is 0.717 bits per heavy atom. The minimum absolute atomic E-state index is 0.136. The van der Waals surface area contributed by atoms with Gasteiger partial charge in [-0.05, 0) is 156 Å². The van der Waals surface area contributed by atoms with Crippen LogP contribution in [0.15, 0.2) is 194 Å². The lowest BCUT2D eigenvalue weighted by atomic mass is 9.56. The number of benzene rings is 8. The van der Waals surface area contributed by atoms with Crippen molar-refractivity contribution in [3.05, 3.63) is 239 Å². The Bertz CT molecular complexity index is 3930. The zero-order valence-electron chi connectivity index (χ0n) is 66.1. The average molecular weight is 1490 g/mol. The molecule has 14 rings (SSSR count). The molecule has 0 unspecified atom stereocenters. The van der Waals surface area contributed by atoms with E-state index in [1.165, 1.54) is 204 Å². The number of rotatable bonds is 22. The molecule has 4 saturated carbocycles. The van der Waals surface area contributed by atoms with Crippen molar-refractivity contribution in [2.75, 3.05) is 13.2 Å². The van der Waals surface area contributed by atoms with Crippen LogP contribution in [0.1, 0.15) is 228 Å². The van der Waals surface area contributed by atoms with Crippen molar-refractivity contribution >= 4 is 64.7 Å². The highest BCUT2D eigenvalue weighted by Gasteiger charge is 2.58. The Morgan fingerprint density at radius 3 is 1.04 bits per heavy atom. The Balaban J connectivity index is 1.01. The second kappa shape index (κ2) is 33.2. The van der Waals surface area contributed by atoms with Gasteiger partial charge in [0, 0.05) is 39.0 Å². The molecule has 2 aliphatic heterocycles. The first-order chi connectivity index (χ1) is 51.2. The van der Waals surface area contributed by atoms with E-state index < -0.39 is 57.8 Å². The highest BCUT2D eigenvalue weighted by molar-refractivity contribution is 7.68. The van der Waals surface area contributed by atoms with E-state index in [-0.39, 0.29) is 34.1 Å². The molecule has 0 amide bonds. The van der Waals surface area contributed by atoms with Crippen LogP contribution in [0.5, 0.6) is 11.5 Å². The average Bonchev–Trinajstić information content (AvgIpc) is 0.846. The molecule has 0 radical (unpaired) electrons. The maximum atomic E-state index is 8.55. The molecular formula is C95H122O7P2Si2. The third-order valence-electron chi connectivity index (χ3n) is 26.6. The molecule has 1 saturated heterocycles. The fourth-order valence-corrected chi connectivity index (χ4v) is 33.7. The molecule has 0 N–H and O–H groups in total. The number of hydrogen-bond donors (Lipinski definition) is 0. The molecule has 11 heteroatoms. The molecule has 5 fully saturated rings. The van der Waals surface area contributed by atoms with Crippen molar-refractivity contribution in [1.82, 2.24) is 0 Å². The SMILES string of the molecule is Cc1ccc(P(O[C@H]2[C@H](OP3Oc4c(cccc4C(C)(C4CCCCC4)C4CCCCC4)Cc4cccc(C(C)(C5CCCCC5)C5CCCCC5)c4O3)[C@@H](CO[Si](c3ccccc3)(c3ccccc3)C(C)(C)C)O[C@@H]2CO[Si](c2ccccc2)(c2ccccc2)C(C)(C)C)c2ccc(C)cc2C)c(C)c1. The standard InChI is InChI=1S/C95H122O7P2Si2/c1-68-59-61-86(70(3)63-68)103(87-62-60-69(2)64-71(87)4)99-90-84(66-96-105(92(5,6)7,78-49-29-17-30-50-78)79-51-31-18-32-52-79)98-85(67-97-106(93(8,9)10,80-53-33-19-34-54-80)81-55-35-20-36-56-81)91(90)102-104-100-88-72(39-37-57-82(88)94(11,74-41-21-13-22-42-74)75-43-23-14-24-44-75)65-73-40-38-58-83(89(73)101-104)95(12,76-45-25-15-26-46-76)77-47-27-16-28-48-77/h17-20,29-40,49-64,74-77,84-85,90-91H,13-16,21-28,41-48,65-67H2,1-12H3/t84-,85-,90-,91-/m1/s1. The first-order valence-electron chi connectivity index (χ1n) is 41.1. The van der Waals surface area contributed by atoms with Gasteiger partial charge < -0.3 is 27.2 Å². The van der Waals surface area contributed by atoms with Crippen LogP contribution in [0.4, 0.5) is 0 Å². The van der Waals surface area contributed by atoms with E-state index in [4.69, 9.17) is 31.7 Å². The van der Waals surface area contributed by atoms with Crippen LogP contribution in [0.2, 0.25) is 10.1 Å². The Kier molecular flexibility index (Phi) is 24.2. The molecule has 8 aromatic rings. The maximum Gasteiger partial charge on any atom is 0.463 e. The molecule has 4 atom stereocenters. The summed E-state index contributed by atoms with van der Waals surface area (Å²) in [5.74, 6) is 4.03. The first kappa shape index (κ1) is 77.2. The summed E-state index contributed by atoms with van der Waals surface area (Å²) in [6.45, 7) is 28.9. The summed E-state index contributed by atoms with van der Waals surface area (Å²) < 4.78 is 58.4. The van der Waals surface area contributed by atoms with Gasteiger partial charge in [0.05, 0.1) is 21.4 Å². The van der Waals surface area contributed by atoms with Gasteiger partial charge >= 0.3 is 8.60 Å². The zero-order valence-corrected chi connectivity index (χ0v) is 69.9. The molecule has 8 aromatic carbocycles. The van der Waals surface area contributed by atoms with Gasteiger partial charge in [-0.15, -0.1) is 0 Å². The number of hydrogen-bond acceptors (Lipinski definition) is 7. The van der Waals surface area contributed by atoms with Crippen molar-refractivity contribution in [3.63, 3.8) is 0 Å². The summed E-state index contributed by atoms with van der Waals surface area (Å²) in [6.07, 6.45) is 23.0. The van der Waals surface area contributed by atoms with Gasteiger partial charge in [-0.1, -0.05) is 338 Å². The highest BCUT2D eigenvalue weighted by Crippen LogP contribution is 2.61. The van der Waals surface area contributed by atoms with Gasteiger partial charge in [-0.25, -0.2) is 0 Å². The fourth-order valence-electron chi connectivity index (χ4n) is 21.1. The first-order valence-corrected chi connectivity index (χ1v) is 47.2. The maximum absolute atomic E-state index is 8.55. The van der Waals surface area contributed by atoms with Gasteiger partial charge in [-0.3, -0.25) is 4.52 Å². The lowest BCUT2D eigenvalue weighted by molar-refractivity contribution is -0.0305. The Hall–Kier alpha value is -5.55. The number of ether oxygens (including phenoxy) is 1. The quantitative estimate of drug-likeness (QED) is 0.0495. The van der Waals surface area contributed by atoms with Crippen LogP contribution >= 0.6 is 16.8 Å². The lowest BCUT2D eigenvalue weighted by Gasteiger charge is -2.49. The van der Waals surface area contributed by atoms with Gasteiger partial charge in [0.1, 0.15) is 35.9 Å². The van der Waals surface area contributed by atoms with Crippen LogP contribution in [-0.4, -0.2) is 54.3 Å². The molecule has 6 aliphatic rings. The number of fused-ring (bicyclic) bond motifs is 2. The minimum atomic E-state index is -3.25. The van der Waals surface area contributed by atoms with E-state index in [1.54, 1.807) is 0 Å². The molecule has 0 spiro atoms. The van der Waals surface area contributed by atoms with E-state index in [0.29, 0.717) is 30.1 Å². The molecule has 2 heterocycles. The van der Waals surface area contributed by atoms with Gasteiger partial charge in [0.15, 0.2) is 0 Å². The molecule has 0 bridgehead atoms. The van der Waals surface area contributed by atoms with Gasteiger partial charge in [0.2, 0.25) is 0 Å². The summed E-state index contributed by atoms with van der Waals surface area (Å²) in [4.78, 5) is 0. The predicted molar refractivity (Wildman–Crippen MR) is 448 cm³/mol. The van der Waals surface area contributed by atoms with Crippen LogP contribution in [0, 0.1) is 51.4 Å². The third-order valence-corrected chi connectivity index (χ3v) is 40.0. The second-order valence-electron chi connectivity index (χ2n) is 35.3. The number of para-hydroxylation sites is 2. The molecule has 7 nitrogen and oxygen atoms in total. The van der Waals surface area contributed by atoms with Gasteiger partial charge in [0.25, 0.3) is 16.6 Å². The largest absolute Gasteiger partial charge is 0.463 e. The molecule has 0 aromatic heterocycles. The fraction of sp³-hybridized carbons (Fsp3) is 0.495. The second-order valence-corrected chi connectivity index (χ2v) is 46.6. The molecular weight excluding hydrogens is 1370 g/mol.